The Hall–Kier alpha value is -0.450. The van der Waals surface area contributed by atoms with Gasteiger partial charge in [0.2, 0.25) is 0 Å². The maximum atomic E-state index is 5.43. The summed E-state index contributed by atoms with van der Waals surface area (Å²) in [6.45, 7) is 9.41. The van der Waals surface area contributed by atoms with Gasteiger partial charge in [-0.05, 0) is 33.6 Å². The molecule has 0 saturated heterocycles. The van der Waals surface area contributed by atoms with Crippen LogP contribution in [-0.2, 0) is 17.7 Å². The normalized spacial score (nSPS) is 13.9. The first-order valence-electron chi connectivity index (χ1n) is 6.18. The van der Waals surface area contributed by atoms with E-state index in [1.165, 1.54) is 10.7 Å². The third-order valence-electron chi connectivity index (χ3n) is 2.91. The Labute approximate surface area is 109 Å². The largest absolute Gasteiger partial charge is 0.379 e. The van der Waals surface area contributed by atoms with Crippen molar-refractivity contribution in [3.63, 3.8) is 0 Å². The van der Waals surface area contributed by atoms with Gasteiger partial charge < -0.3 is 10.1 Å². The molecule has 0 radical (unpaired) electrons. The van der Waals surface area contributed by atoms with Crippen molar-refractivity contribution >= 4 is 11.3 Å². The fourth-order valence-electron chi connectivity index (χ4n) is 1.75. The van der Waals surface area contributed by atoms with Gasteiger partial charge in [0.05, 0.1) is 11.3 Å². The predicted molar refractivity (Wildman–Crippen MR) is 73.5 cm³/mol. The van der Waals surface area contributed by atoms with Crippen molar-refractivity contribution in [2.24, 2.45) is 0 Å². The molecule has 1 aromatic rings. The maximum Gasteiger partial charge on any atom is 0.107 e. The Kier molecular flexibility index (Phi) is 5.56. The van der Waals surface area contributed by atoms with Crippen LogP contribution in [0.2, 0.25) is 0 Å². The van der Waals surface area contributed by atoms with Gasteiger partial charge in [0.1, 0.15) is 5.01 Å². The summed E-state index contributed by atoms with van der Waals surface area (Å²) in [7, 11) is 1.76. The molecule has 1 rings (SSSR count). The molecule has 17 heavy (non-hydrogen) atoms. The van der Waals surface area contributed by atoms with Crippen molar-refractivity contribution < 1.29 is 4.74 Å². The number of nitrogens with one attached hydrogen (secondary N) is 1. The van der Waals surface area contributed by atoms with Crippen LogP contribution in [0, 0.1) is 0 Å². The van der Waals surface area contributed by atoms with E-state index < -0.39 is 0 Å². The summed E-state index contributed by atoms with van der Waals surface area (Å²) < 4.78 is 5.43. The lowest BCUT2D eigenvalue weighted by molar-refractivity contribution is 0.00844. The quantitative estimate of drug-likeness (QED) is 0.814. The zero-order valence-electron chi connectivity index (χ0n) is 11.5. The topological polar surface area (TPSA) is 34.1 Å². The third kappa shape index (κ3) is 5.15. The summed E-state index contributed by atoms with van der Waals surface area (Å²) in [6, 6.07) is 0.430. The number of hydrogen-bond donors (Lipinski definition) is 1. The van der Waals surface area contributed by atoms with Crippen LogP contribution in [0.3, 0.4) is 0 Å². The molecule has 4 heteroatoms. The van der Waals surface area contributed by atoms with Gasteiger partial charge in [-0.2, -0.15) is 0 Å². The molecule has 1 unspecified atom stereocenters. The van der Waals surface area contributed by atoms with Crippen LogP contribution in [0.1, 0.15) is 44.8 Å². The lowest BCUT2D eigenvalue weighted by Crippen LogP contribution is -2.35. The lowest BCUT2D eigenvalue weighted by atomic mass is 10.00. The summed E-state index contributed by atoms with van der Waals surface area (Å²) in [4.78, 5) is 4.54. The number of aromatic nitrogens is 1. The Morgan fingerprint density at radius 2 is 2.24 bits per heavy atom. The van der Waals surface area contributed by atoms with E-state index in [4.69, 9.17) is 4.74 Å². The van der Waals surface area contributed by atoms with Crippen LogP contribution in [0.5, 0.6) is 0 Å². The fourth-order valence-corrected chi connectivity index (χ4v) is 2.57. The Balaban J connectivity index is 2.35. The van der Waals surface area contributed by atoms with E-state index in [9.17, 15) is 0 Å². The van der Waals surface area contributed by atoms with Crippen LogP contribution >= 0.6 is 11.3 Å². The molecule has 0 amide bonds. The van der Waals surface area contributed by atoms with Gasteiger partial charge in [-0.3, -0.25) is 0 Å². The first-order chi connectivity index (χ1) is 7.96. The third-order valence-corrected chi connectivity index (χ3v) is 3.81. The van der Waals surface area contributed by atoms with Crippen LogP contribution < -0.4 is 5.32 Å². The fraction of sp³-hybridized carbons (Fsp3) is 0.769. The zero-order chi connectivity index (χ0) is 12.9. The van der Waals surface area contributed by atoms with E-state index >= 15 is 0 Å². The average Bonchev–Trinajstić information content (AvgIpc) is 2.74. The average molecular weight is 256 g/mol. The highest BCUT2D eigenvalue weighted by atomic mass is 32.1. The number of thiazole rings is 1. The van der Waals surface area contributed by atoms with E-state index in [1.807, 2.05) is 0 Å². The highest BCUT2D eigenvalue weighted by Crippen LogP contribution is 2.16. The molecule has 0 saturated carbocycles. The van der Waals surface area contributed by atoms with Crippen LogP contribution in [-0.4, -0.2) is 23.7 Å². The molecule has 0 aliphatic heterocycles. The standard InChI is InChI=1S/C13H24N2OS/c1-6-11-9-17-12(15-11)8-14-10(2)7-13(3,4)16-5/h9-10,14H,6-8H2,1-5H3. The van der Waals surface area contributed by atoms with Gasteiger partial charge in [-0.15, -0.1) is 11.3 Å². The molecule has 0 aromatic carbocycles. The van der Waals surface area contributed by atoms with Gasteiger partial charge in [-0.25, -0.2) is 4.98 Å². The van der Waals surface area contributed by atoms with Crippen molar-refractivity contribution in [1.82, 2.24) is 10.3 Å². The maximum absolute atomic E-state index is 5.43. The number of hydrogen-bond acceptors (Lipinski definition) is 4. The molecule has 1 aromatic heterocycles. The first-order valence-corrected chi connectivity index (χ1v) is 7.06. The summed E-state index contributed by atoms with van der Waals surface area (Å²) in [5.41, 5.74) is 1.13. The SMILES string of the molecule is CCc1csc(CNC(C)CC(C)(C)OC)n1. The minimum Gasteiger partial charge on any atom is -0.379 e. The minimum atomic E-state index is -0.0656. The highest BCUT2D eigenvalue weighted by molar-refractivity contribution is 7.09. The Bertz CT molecular complexity index is 336. The molecule has 0 aliphatic rings. The van der Waals surface area contributed by atoms with Gasteiger partial charge in [-0.1, -0.05) is 6.92 Å². The predicted octanol–water partition coefficient (Wildman–Crippen LogP) is 3.00. The molecule has 1 atom stereocenters. The van der Waals surface area contributed by atoms with E-state index in [-0.39, 0.29) is 5.60 Å². The van der Waals surface area contributed by atoms with Crippen molar-refractivity contribution in [2.75, 3.05) is 7.11 Å². The summed E-state index contributed by atoms with van der Waals surface area (Å²) in [5.74, 6) is 0. The van der Waals surface area contributed by atoms with Gasteiger partial charge in [0, 0.05) is 25.1 Å². The molecule has 0 spiro atoms. The number of aryl methyl sites for hydroxylation is 1. The number of ether oxygens (including phenoxy) is 1. The molecule has 1 heterocycles. The number of methoxy groups -OCH3 is 1. The number of nitrogens with zero attached hydrogens (tertiary/aromatic N) is 1. The van der Waals surface area contributed by atoms with Gasteiger partial charge >= 0.3 is 0 Å². The smallest absolute Gasteiger partial charge is 0.107 e. The van der Waals surface area contributed by atoms with E-state index in [0.29, 0.717) is 6.04 Å². The lowest BCUT2D eigenvalue weighted by Gasteiger charge is -2.26. The second-order valence-electron chi connectivity index (χ2n) is 5.04. The highest BCUT2D eigenvalue weighted by Gasteiger charge is 2.19. The summed E-state index contributed by atoms with van der Waals surface area (Å²) in [6.07, 6.45) is 2.01. The van der Waals surface area contributed by atoms with E-state index in [0.717, 1.165) is 19.4 Å². The first kappa shape index (κ1) is 14.6. The summed E-state index contributed by atoms with van der Waals surface area (Å²) >= 11 is 1.73. The van der Waals surface area contributed by atoms with Crippen LogP contribution in [0.15, 0.2) is 5.38 Å². The van der Waals surface area contributed by atoms with Gasteiger partial charge in [0.15, 0.2) is 0 Å². The molecular formula is C13H24N2OS. The van der Waals surface area contributed by atoms with E-state index in [1.54, 1.807) is 18.4 Å². The monoisotopic (exact) mass is 256 g/mol. The molecular weight excluding hydrogens is 232 g/mol. The van der Waals surface area contributed by atoms with Crippen molar-refractivity contribution in [2.45, 2.75) is 58.7 Å². The molecule has 3 nitrogen and oxygen atoms in total. The van der Waals surface area contributed by atoms with Crippen LogP contribution in [0.4, 0.5) is 0 Å². The second-order valence-corrected chi connectivity index (χ2v) is 5.98. The van der Waals surface area contributed by atoms with Crippen molar-refractivity contribution in [3.05, 3.63) is 16.1 Å². The zero-order valence-corrected chi connectivity index (χ0v) is 12.4. The molecule has 0 aliphatic carbocycles. The van der Waals surface area contributed by atoms with E-state index in [2.05, 4.69) is 43.4 Å². The summed E-state index contributed by atoms with van der Waals surface area (Å²) in [5, 5.41) is 6.80. The number of rotatable bonds is 7. The molecule has 0 fully saturated rings. The second kappa shape index (κ2) is 6.47. The van der Waals surface area contributed by atoms with Crippen LogP contribution in [0.25, 0.3) is 0 Å². The molecule has 98 valence electrons. The molecule has 1 N–H and O–H groups in total. The minimum absolute atomic E-state index is 0.0656. The van der Waals surface area contributed by atoms with Crippen molar-refractivity contribution in [3.8, 4) is 0 Å². The van der Waals surface area contributed by atoms with Crippen molar-refractivity contribution in [1.29, 1.82) is 0 Å². The van der Waals surface area contributed by atoms with Gasteiger partial charge in [0.25, 0.3) is 0 Å². The Morgan fingerprint density at radius 3 is 2.76 bits per heavy atom. The Morgan fingerprint density at radius 1 is 1.53 bits per heavy atom. The molecule has 0 bridgehead atoms.